The summed E-state index contributed by atoms with van der Waals surface area (Å²) >= 11 is 0. The highest BCUT2D eigenvalue weighted by molar-refractivity contribution is 5.84. The lowest BCUT2D eigenvalue weighted by atomic mass is 9.98. The van der Waals surface area contributed by atoms with Crippen molar-refractivity contribution in [3.63, 3.8) is 0 Å². The maximum Gasteiger partial charge on any atom is 0.371 e. The fourth-order valence-corrected chi connectivity index (χ4v) is 2.23. The van der Waals surface area contributed by atoms with E-state index in [0.717, 1.165) is 0 Å². The molecule has 0 spiro atoms. The van der Waals surface area contributed by atoms with Crippen molar-refractivity contribution in [1.82, 2.24) is 0 Å². The van der Waals surface area contributed by atoms with Crippen molar-refractivity contribution in [3.8, 4) is 0 Å². The quantitative estimate of drug-likeness (QED) is 0.258. The molecule has 0 saturated carbocycles. The van der Waals surface area contributed by atoms with Gasteiger partial charge in [0.1, 0.15) is 30.5 Å². The van der Waals surface area contributed by atoms with Crippen LogP contribution in [-0.4, -0.2) is 96.9 Å². The standard InChI is InChI=1S/C12H16O12/c13-2-1-3(9(17)18)22-12(4(2)14)24-7-5(15)6(16)11(21)23-8(7)10(19)20/h1-2,4-8,11-16,21H,(H,17,18)(H,19,20). The average molecular weight is 352 g/mol. The Hall–Kier alpha value is -1.80. The van der Waals surface area contributed by atoms with Gasteiger partial charge in [-0.2, -0.15) is 0 Å². The minimum atomic E-state index is -2.00. The fraction of sp³-hybridized carbons (Fsp3) is 0.667. The molecule has 2 aliphatic heterocycles. The SMILES string of the molecule is O=C(O)C1=CC(O)C(O)C(OC2C(C(=O)O)OC(O)C(O)C2O)O1. The molecule has 2 rings (SSSR count). The van der Waals surface area contributed by atoms with Crippen molar-refractivity contribution in [2.75, 3.05) is 0 Å². The first kappa shape index (κ1) is 18.5. The second kappa shape index (κ2) is 6.98. The van der Waals surface area contributed by atoms with Crippen LogP contribution in [-0.2, 0) is 23.8 Å². The van der Waals surface area contributed by atoms with Gasteiger partial charge in [-0.3, -0.25) is 0 Å². The minimum Gasteiger partial charge on any atom is -0.479 e. The Morgan fingerprint density at radius 3 is 2.17 bits per heavy atom. The third-order valence-electron chi connectivity index (χ3n) is 3.50. The van der Waals surface area contributed by atoms with Gasteiger partial charge in [-0.05, 0) is 6.08 Å². The molecule has 12 nitrogen and oxygen atoms in total. The lowest BCUT2D eigenvalue weighted by Crippen LogP contribution is -2.62. The summed E-state index contributed by atoms with van der Waals surface area (Å²) in [6, 6.07) is 0. The Balaban J connectivity index is 2.21. The van der Waals surface area contributed by atoms with E-state index in [2.05, 4.69) is 4.74 Å². The van der Waals surface area contributed by atoms with Gasteiger partial charge in [0.2, 0.25) is 12.0 Å². The molecule has 8 atom stereocenters. The molecule has 7 N–H and O–H groups in total. The molecule has 1 fully saturated rings. The van der Waals surface area contributed by atoms with Crippen LogP contribution in [0.2, 0.25) is 0 Å². The summed E-state index contributed by atoms with van der Waals surface area (Å²) in [7, 11) is 0. The van der Waals surface area contributed by atoms with Crippen molar-refractivity contribution >= 4 is 11.9 Å². The maximum absolute atomic E-state index is 11.2. The van der Waals surface area contributed by atoms with Crippen LogP contribution in [0, 0.1) is 0 Å². The molecule has 136 valence electrons. The van der Waals surface area contributed by atoms with Crippen LogP contribution in [0.3, 0.4) is 0 Å². The molecule has 8 unspecified atom stereocenters. The predicted molar refractivity (Wildman–Crippen MR) is 68.0 cm³/mol. The molecule has 24 heavy (non-hydrogen) atoms. The fourth-order valence-electron chi connectivity index (χ4n) is 2.23. The van der Waals surface area contributed by atoms with E-state index in [-0.39, 0.29) is 0 Å². The Morgan fingerprint density at radius 2 is 1.62 bits per heavy atom. The zero-order valence-corrected chi connectivity index (χ0v) is 11.9. The number of hydrogen-bond donors (Lipinski definition) is 7. The third kappa shape index (κ3) is 3.49. The van der Waals surface area contributed by atoms with E-state index in [4.69, 9.17) is 19.7 Å². The van der Waals surface area contributed by atoms with E-state index >= 15 is 0 Å². The molecule has 0 amide bonds. The van der Waals surface area contributed by atoms with Gasteiger partial charge in [-0.1, -0.05) is 0 Å². The van der Waals surface area contributed by atoms with Crippen LogP contribution >= 0.6 is 0 Å². The molecule has 0 bridgehead atoms. The topological polar surface area (TPSA) is 203 Å². The first-order valence-corrected chi connectivity index (χ1v) is 6.69. The van der Waals surface area contributed by atoms with Crippen molar-refractivity contribution in [1.29, 1.82) is 0 Å². The number of carbonyl (C=O) groups is 2. The van der Waals surface area contributed by atoms with Gasteiger partial charge in [0.15, 0.2) is 12.4 Å². The second-order valence-corrected chi connectivity index (χ2v) is 5.17. The number of aliphatic hydroxyl groups excluding tert-OH is 5. The summed E-state index contributed by atoms with van der Waals surface area (Å²) in [5.74, 6) is -4.01. The van der Waals surface area contributed by atoms with E-state index in [0.29, 0.717) is 6.08 Å². The Morgan fingerprint density at radius 1 is 1.00 bits per heavy atom. The normalized spacial score (nSPS) is 42.8. The van der Waals surface area contributed by atoms with Gasteiger partial charge in [0.05, 0.1) is 0 Å². The summed E-state index contributed by atoms with van der Waals surface area (Å²) in [5, 5.41) is 66.0. The summed E-state index contributed by atoms with van der Waals surface area (Å²) in [6.07, 6.45) is -14.3. The number of aliphatic carboxylic acids is 2. The van der Waals surface area contributed by atoms with E-state index in [1.54, 1.807) is 0 Å². The van der Waals surface area contributed by atoms with Crippen LogP contribution in [0.15, 0.2) is 11.8 Å². The van der Waals surface area contributed by atoms with Gasteiger partial charge in [0.25, 0.3) is 0 Å². The van der Waals surface area contributed by atoms with E-state index < -0.39 is 66.9 Å². The number of carboxylic acids is 2. The second-order valence-electron chi connectivity index (χ2n) is 5.17. The highest BCUT2D eigenvalue weighted by Crippen LogP contribution is 2.27. The molecular formula is C12H16O12. The molecule has 0 aromatic rings. The third-order valence-corrected chi connectivity index (χ3v) is 3.50. The van der Waals surface area contributed by atoms with E-state index in [9.17, 15) is 35.1 Å². The van der Waals surface area contributed by atoms with Crippen LogP contribution in [0.1, 0.15) is 0 Å². The highest BCUT2D eigenvalue weighted by Gasteiger charge is 2.50. The maximum atomic E-state index is 11.2. The molecule has 12 heteroatoms. The zero-order chi connectivity index (χ0) is 18.2. The molecular weight excluding hydrogens is 336 g/mol. The molecule has 2 heterocycles. The summed E-state index contributed by atoms with van der Waals surface area (Å²) in [5.41, 5.74) is 0. The largest absolute Gasteiger partial charge is 0.479 e. The van der Waals surface area contributed by atoms with Gasteiger partial charge < -0.3 is 50.0 Å². The van der Waals surface area contributed by atoms with Crippen molar-refractivity contribution < 1.29 is 59.5 Å². The van der Waals surface area contributed by atoms with Gasteiger partial charge in [0, 0.05) is 0 Å². The van der Waals surface area contributed by atoms with Crippen LogP contribution < -0.4 is 0 Å². The molecule has 0 aliphatic carbocycles. The summed E-state index contributed by atoms with van der Waals surface area (Å²) in [4.78, 5) is 22.0. The lowest BCUT2D eigenvalue weighted by molar-refractivity contribution is -0.319. The first-order valence-electron chi connectivity index (χ1n) is 6.69. The molecule has 0 aromatic heterocycles. The molecule has 0 radical (unpaired) electrons. The Bertz CT molecular complexity index is 532. The first-order chi connectivity index (χ1) is 11.1. The predicted octanol–water partition coefficient (Wildman–Crippen LogP) is -4.06. The van der Waals surface area contributed by atoms with Crippen molar-refractivity contribution in [3.05, 3.63) is 11.8 Å². The number of rotatable bonds is 4. The summed E-state index contributed by atoms with van der Waals surface area (Å²) in [6.45, 7) is 0. The van der Waals surface area contributed by atoms with Gasteiger partial charge in [-0.25, -0.2) is 9.59 Å². The smallest absolute Gasteiger partial charge is 0.371 e. The number of ether oxygens (including phenoxy) is 3. The number of hydrogen-bond acceptors (Lipinski definition) is 10. The monoisotopic (exact) mass is 352 g/mol. The minimum absolute atomic E-state index is 0.702. The number of carboxylic acid groups (broad SMARTS) is 2. The van der Waals surface area contributed by atoms with E-state index in [1.807, 2.05) is 0 Å². The molecule has 0 aromatic carbocycles. The summed E-state index contributed by atoms with van der Waals surface area (Å²) < 4.78 is 14.4. The Labute approximate surface area is 133 Å². The van der Waals surface area contributed by atoms with Gasteiger partial charge in [-0.15, -0.1) is 0 Å². The lowest BCUT2D eigenvalue weighted by Gasteiger charge is -2.41. The van der Waals surface area contributed by atoms with Crippen LogP contribution in [0.5, 0.6) is 0 Å². The Kier molecular flexibility index (Phi) is 5.39. The average Bonchev–Trinajstić information content (AvgIpc) is 2.51. The van der Waals surface area contributed by atoms with Crippen molar-refractivity contribution in [2.24, 2.45) is 0 Å². The molecule has 2 aliphatic rings. The molecule has 1 saturated heterocycles. The van der Waals surface area contributed by atoms with Crippen LogP contribution in [0.25, 0.3) is 0 Å². The highest BCUT2D eigenvalue weighted by atomic mass is 16.7. The number of aliphatic hydroxyl groups is 5. The van der Waals surface area contributed by atoms with Crippen LogP contribution in [0.4, 0.5) is 0 Å². The van der Waals surface area contributed by atoms with Gasteiger partial charge >= 0.3 is 11.9 Å². The van der Waals surface area contributed by atoms with Crippen molar-refractivity contribution in [2.45, 2.75) is 49.2 Å². The van der Waals surface area contributed by atoms with E-state index in [1.165, 1.54) is 0 Å². The zero-order valence-electron chi connectivity index (χ0n) is 11.9.